The Kier molecular flexibility index (Phi) is 8.33. The molecule has 0 saturated carbocycles. The number of aryl methyl sites for hydroxylation is 3. The van der Waals surface area contributed by atoms with E-state index in [1.54, 1.807) is 12.1 Å². The normalized spacial score (nSPS) is 11.9. The van der Waals surface area contributed by atoms with Crippen molar-refractivity contribution in [1.82, 2.24) is 14.8 Å². The fraction of sp³-hybridized carbons (Fsp3) is 0.231. The van der Waals surface area contributed by atoms with Gasteiger partial charge in [-0.25, -0.2) is 0 Å². The molecule has 186 valence electrons. The van der Waals surface area contributed by atoms with Gasteiger partial charge in [0.2, 0.25) is 6.54 Å². The average molecular weight is 588 g/mol. The zero-order valence-corrected chi connectivity index (χ0v) is 23.1. The molecule has 36 heavy (non-hydrogen) atoms. The summed E-state index contributed by atoms with van der Waals surface area (Å²) in [5.74, 6) is 1.27. The number of aromatic nitrogens is 3. The first-order valence-corrected chi connectivity index (χ1v) is 13.2. The van der Waals surface area contributed by atoms with Crippen LogP contribution in [0.3, 0.4) is 0 Å². The lowest BCUT2D eigenvalue weighted by Crippen LogP contribution is -2.13. The quantitative estimate of drug-likeness (QED) is 0.116. The molecule has 0 unspecified atom stereocenters. The molecular formula is C26H24BrClN4O3S. The van der Waals surface area contributed by atoms with Gasteiger partial charge in [0.1, 0.15) is 23.4 Å². The highest BCUT2D eigenvalue weighted by Crippen LogP contribution is 2.41. The van der Waals surface area contributed by atoms with Gasteiger partial charge in [-0.1, -0.05) is 57.5 Å². The topological polar surface area (TPSA) is 83.1 Å². The lowest BCUT2D eigenvalue weighted by molar-refractivity contribution is -0.479. The van der Waals surface area contributed by atoms with Crippen molar-refractivity contribution in [2.45, 2.75) is 37.8 Å². The van der Waals surface area contributed by atoms with E-state index >= 15 is 0 Å². The second kappa shape index (κ2) is 11.5. The first kappa shape index (κ1) is 26.2. The number of ether oxygens (including phenoxy) is 1. The standard InChI is InChI=1S/C26H24BrClN4O3S/c1-16-4-10-22(12-17(16)2)32-18(3)29-30-26(32)36-25(14-31(33)34)23-13-20(27)7-11-24(23)35-15-19-5-8-21(28)9-6-19/h4-13,25H,14-15H2,1-3H3/t25-/m0/s1. The number of hydrogen-bond donors (Lipinski definition) is 0. The monoisotopic (exact) mass is 586 g/mol. The van der Waals surface area contributed by atoms with E-state index in [2.05, 4.69) is 39.1 Å². The maximum absolute atomic E-state index is 11.7. The number of halogens is 2. The maximum Gasteiger partial charge on any atom is 0.220 e. The Morgan fingerprint density at radius 3 is 2.50 bits per heavy atom. The Morgan fingerprint density at radius 1 is 1.06 bits per heavy atom. The second-order valence-electron chi connectivity index (χ2n) is 8.35. The fourth-order valence-electron chi connectivity index (χ4n) is 3.69. The molecule has 0 N–H and O–H groups in total. The van der Waals surface area contributed by atoms with Gasteiger partial charge < -0.3 is 4.74 Å². The molecule has 4 rings (SSSR count). The zero-order chi connectivity index (χ0) is 25.8. The van der Waals surface area contributed by atoms with Crippen LogP contribution in [-0.4, -0.2) is 26.2 Å². The average Bonchev–Trinajstić information content (AvgIpc) is 3.20. The number of benzene rings is 3. The van der Waals surface area contributed by atoms with Crippen LogP contribution in [0, 0.1) is 30.9 Å². The summed E-state index contributed by atoms with van der Waals surface area (Å²) in [6.07, 6.45) is 0. The number of rotatable bonds is 9. The second-order valence-corrected chi connectivity index (χ2v) is 10.9. The van der Waals surface area contributed by atoms with Crippen LogP contribution in [0.4, 0.5) is 0 Å². The Labute approximate surface area is 227 Å². The van der Waals surface area contributed by atoms with Gasteiger partial charge in [0.25, 0.3) is 0 Å². The molecule has 0 fully saturated rings. The molecule has 3 aromatic carbocycles. The van der Waals surface area contributed by atoms with Gasteiger partial charge in [-0.05, 0) is 79.9 Å². The van der Waals surface area contributed by atoms with E-state index in [0.29, 0.717) is 33.9 Å². The van der Waals surface area contributed by atoms with E-state index in [1.807, 2.05) is 60.9 Å². The maximum atomic E-state index is 11.7. The van der Waals surface area contributed by atoms with E-state index in [4.69, 9.17) is 16.3 Å². The number of thioether (sulfide) groups is 1. The van der Waals surface area contributed by atoms with Crippen molar-refractivity contribution in [3.8, 4) is 11.4 Å². The third-order valence-electron chi connectivity index (χ3n) is 5.73. The predicted molar refractivity (Wildman–Crippen MR) is 146 cm³/mol. The predicted octanol–water partition coefficient (Wildman–Crippen LogP) is 7.30. The van der Waals surface area contributed by atoms with Crippen molar-refractivity contribution in [3.63, 3.8) is 0 Å². The highest BCUT2D eigenvalue weighted by molar-refractivity contribution is 9.10. The summed E-state index contributed by atoms with van der Waals surface area (Å²) in [7, 11) is 0. The Hall–Kier alpha value is -2.88. The molecular weight excluding hydrogens is 564 g/mol. The Bertz CT molecular complexity index is 1390. The molecule has 1 heterocycles. The number of nitro groups is 1. The van der Waals surface area contributed by atoms with E-state index in [9.17, 15) is 10.1 Å². The van der Waals surface area contributed by atoms with Gasteiger partial charge >= 0.3 is 0 Å². The van der Waals surface area contributed by atoms with Crippen LogP contribution in [0.1, 0.15) is 33.3 Å². The molecule has 1 aromatic heterocycles. The smallest absolute Gasteiger partial charge is 0.220 e. The Morgan fingerprint density at radius 2 is 1.81 bits per heavy atom. The molecule has 4 aromatic rings. The molecule has 0 saturated heterocycles. The molecule has 10 heteroatoms. The van der Waals surface area contributed by atoms with Crippen LogP contribution in [-0.2, 0) is 6.61 Å². The first-order chi connectivity index (χ1) is 17.2. The third kappa shape index (κ3) is 6.27. The van der Waals surface area contributed by atoms with Crippen LogP contribution < -0.4 is 4.74 Å². The van der Waals surface area contributed by atoms with Gasteiger partial charge in [-0.2, -0.15) is 0 Å². The molecule has 0 amide bonds. The molecule has 0 aliphatic carbocycles. The lowest BCUT2D eigenvalue weighted by Gasteiger charge is -2.18. The molecule has 0 spiro atoms. The van der Waals surface area contributed by atoms with Crippen LogP contribution in [0.15, 0.2) is 70.3 Å². The fourth-order valence-corrected chi connectivity index (χ4v) is 5.38. The first-order valence-electron chi connectivity index (χ1n) is 11.2. The van der Waals surface area contributed by atoms with E-state index in [-0.39, 0.29) is 11.5 Å². The van der Waals surface area contributed by atoms with Crippen LogP contribution in [0.5, 0.6) is 5.75 Å². The van der Waals surface area contributed by atoms with E-state index in [0.717, 1.165) is 21.3 Å². The summed E-state index contributed by atoms with van der Waals surface area (Å²) in [6.45, 7) is 5.97. The summed E-state index contributed by atoms with van der Waals surface area (Å²) in [5.41, 5.74) is 4.88. The highest BCUT2D eigenvalue weighted by atomic mass is 79.9. The minimum atomic E-state index is -0.563. The summed E-state index contributed by atoms with van der Waals surface area (Å²) in [4.78, 5) is 11.4. The van der Waals surface area contributed by atoms with Crippen molar-refractivity contribution in [1.29, 1.82) is 0 Å². The van der Waals surface area contributed by atoms with Crippen molar-refractivity contribution in [2.24, 2.45) is 0 Å². The summed E-state index contributed by atoms with van der Waals surface area (Å²) in [6, 6.07) is 19.0. The highest BCUT2D eigenvalue weighted by Gasteiger charge is 2.27. The summed E-state index contributed by atoms with van der Waals surface area (Å²) < 4.78 is 8.85. The van der Waals surface area contributed by atoms with Crippen molar-refractivity contribution < 1.29 is 9.66 Å². The lowest BCUT2D eigenvalue weighted by atomic mass is 10.1. The molecule has 0 bridgehead atoms. The minimum absolute atomic E-state index is 0.305. The molecule has 0 radical (unpaired) electrons. The minimum Gasteiger partial charge on any atom is -0.489 e. The van der Waals surface area contributed by atoms with Crippen LogP contribution >= 0.6 is 39.3 Å². The van der Waals surface area contributed by atoms with Crippen LogP contribution in [0.2, 0.25) is 5.02 Å². The van der Waals surface area contributed by atoms with Crippen LogP contribution in [0.25, 0.3) is 5.69 Å². The van der Waals surface area contributed by atoms with Crippen molar-refractivity contribution in [3.05, 3.63) is 108 Å². The van der Waals surface area contributed by atoms with E-state index in [1.165, 1.54) is 17.3 Å². The number of nitrogens with zero attached hydrogens (tertiary/aromatic N) is 4. The van der Waals surface area contributed by atoms with Crippen molar-refractivity contribution >= 4 is 39.3 Å². The Balaban J connectivity index is 1.68. The number of hydrogen-bond acceptors (Lipinski definition) is 6. The molecule has 0 aliphatic heterocycles. The van der Waals surface area contributed by atoms with Gasteiger partial charge in [0.15, 0.2) is 5.16 Å². The third-order valence-corrected chi connectivity index (χ3v) is 7.64. The van der Waals surface area contributed by atoms with Gasteiger partial charge in [0.05, 0.1) is 0 Å². The molecule has 0 aliphatic rings. The molecule has 1 atom stereocenters. The summed E-state index contributed by atoms with van der Waals surface area (Å²) >= 11 is 10.8. The van der Waals surface area contributed by atoms with Gasteiger partial charge in [-0.15, -0.1) is 10.2 Å². The largest absolute Gasteiger partial charge is 0.489 e. The van der Waals surface area contributed by atoms with Crippen molar-refractivity contribution in [2.75, 3.05) is 6.54 Å². The SMILES string of the molecule is Cc1ccc(-n2c(C)nnc2S[C@@H](C[N+](=O)[O-])c2cc(Br)ccc2OCc2ccc(Cl)cc2)cc1C. The molecule has 7 nitrogen and oxygen atoms in total. The van der Waals surface area contributed by atoms with Gasteiger partial charge in [0, 0.05) is 25.7 Å². The summed E-state index contributed by atoms with van der Waals surface area (Å²) in [5, 5.41) is 21.0. The van der Waals surface area contributed by atoms with E-state index < -0.39 is 5.25 Å². The zero-order valence-electron chi connectivity index (χ0n) is 19.9. The van der Waals surface area contributed by atoms with Gasteiger partial charge in [-0.3, -0.25) is 14.7 Å².